The Labute approximate surface area is 215 Å². The Kier molecular flexibility index (Phi) is 11.0. The molecule has 0 spiro atoms. The number of rotatable bonds is 10. The van der Waals surface area contributed by atoms with Gasteiger partial charge in [0.05, 0.1) is 6.61 Å². The van der Waals surface area contributed by atoms with Crippen LogP contribution in [0.2, 0.25) is 10.0 Å². The number of carbonyl (C=O) groups excluding carboxylic acids is 2. The van der Waals surface area contributed by atoms with E-state index in [0.717, 1.165) is 11.1 Å². The van der Waals surface area contributed by atoms with Gasteiger partial charge in [0, 0.05) is 41.7 Å². The van der Waals surface area contributed by atoms with E-state index in [-0.39, 0.29) is 29.3 Å². The van der Waals surface area contributed by atoms with Crippen molar-refractivity contribution in [3.63, 3.8) is 0 Å². The number of likely N-dealkylation sites (N-methyl/N-ethyl adjacent to an activating group) is 1. The van der Waals surface area contributed by atoms with E-state index in [1.165, 1.54) is 4.90 Å². The summed E-state index contributed by atoms with van der Waals surface area (Å²) in [5, 5.41) is 7.13. The molecule has 7 nitrogen and oxygen atoms in total. The highest BCUT2D eigenvalue weighted by molar-refractivity contribution is 7.80. The molecule has 0 aliphatic carbocycles. The molecule has 34 heavy (non-hydrogen) atoms. The Bertz CT molecular complexity index is 1020. The van der Waals surface area contributed by atoms with Crippen LogP contribution < -0.4 is 21.3 Å². The van der Waals surface area contributed by atoms with Crippen molar-refractivity contribution in [3.05, 3.63) is 63.6 Å². The molecular formula is C24H30Cl2N4O3S. The van der Waals surface area contributed by atoms with Gasteiger partial charge in [-0.2, -0.15) is 0 Å². The predicted octanol–water partition coefficient (Wildman–Crippen LogP) is 4.20. The molecule has 0 radical (unpaired) electrons. The van der Waals surface area contributed by atoms with E-state index < -0.39 is 6.17 Å². The van der Waals surface area contributed by atoms with Gasteiger partial charge in [-0.15, -0.1) is 0 Å². The number of hydrogen-bond acceptors (Lipinski definition) is 5. The summed E-state index contributed by atoms with van der Waals surface area (Å²) in [5.41, 5.74) is 8.51. The largest absolute Gasteiger partial charge is 0.466 e. The number of halogens is 2. The number of hydrogen-bond donors (Lipinski definition) is 3. The van der Waals surface area contributed by atoms with E-state index in [9.17, 15) is 9.59 Å². The van der Waals surface area contributed by atoms with Crippen LogP contribution in [-0.2, 0) is 14.3 Å². The summed E-state index contributed by atoms with van der Waals surface area (Å²) < 4.78 is 4.88. The summed E-state index contributed by atoms with van der Waals surface area (Å²) in [6.45, 7) is 4.55. The second-order valence-electron chi connectivity index (χ2n) is 7.63. The van der Waals surface area contributed by atoms with Gasteiger partial charge in [0.2, 0.25) is 0 Å². The number of ether oxygens (including phenoxy) is 1. The van der Waals surface area contributed by atoms with Crippen LogP contribution in [0.25, 0.3) is 0 Å². The molecule has 0 bridgehead atoms. The minimum Gasteiger partial charge on any atom is -0.466 e. The van der Waals surface area contributed by atoms with Gasteiger partial charge in [0.25, 0.3) is 5.91 Å². The zero-order valence-electron chi connectivity index (χ0n) is 19.4. The summed E-state index contributed by atoms with van der Waals surface area (Å²) in [7, 11) is 1.64. The van der Waals surface area contributed by atoms with Crippen LogP contribution in [0.4, 0.5) is 5.69 Å². The van der Waals surface area contributed by atoms with Gasteiger partial charge in [0.1, 0.15) is 0 Å². The molecule has 0 aromatic heterocycles. The third-order valence-corrected chi connectivity index (χ3v) is 6.06. The van der Waals surface area contributed by atoms with Gasteiger partial charge in [-0.1, -0.05) is 48.3 Å². The monoisotopic (exact) mass is 524 g/mol. The van der Waals surface area contributed by atoms with Crippen LogP contribution in [0.15, 0.2) is 42.5 Å². The third kappa shape index (κ3) is 7.84. The van der Waals surface area contributed by atoms with Gasteiger partial charge in [-0.05, 0) is 61.0 Å². The van der Waals surface area contributed by atoms with Crippen LogP contribution in [0.3, 0.4) is 0 Å². The smallest absolute Gasteiger partial charge is 0.305 e. The second-order valence-corrected chi connectivity index (χ2v) is 8.88. The summed E-state index contributed by atoms with van der Waals surface area (Å²) >= 11 is 17.9. The molecule has 0 aliphatic rings. The van der Waals surface area contributed by atoms with Crippen molar-refractivity contribution in [2.75, 3.05) is 25.1 Å². The first-order valence-electron chi connectivity index (χ1n) is 10.9. The first-order chi connectivity index (χ1) is 16.1. The van der Waals surface area contributed by atoms with Gasteiger partial charge >= 0.3 is 5.97 Å². The molecular weight excluding hydrogens is 495 g/mol. The topological polar surface area (TPSA) is 96.7 Å². The van der Waals surface area contributed by atoms with Crippen LogP contribution in [-0.4, -0.2) is 43.4 Å². The molecule has 0 saturated carbocycles. The molecule has 1 amide bonds. The SMILES string of the molecule is CCOC(=O)CCCNC(=S)NC(N)C(=O)N(C)c1ccc(Cl)cc1C(C)c1ccccc1Cl. The van der Waals surface area contributed by atoms with Crippen molar-refractivity contribution in [3.8, 4) is 0 Å². The fourth-order valence-corrected chi connectivity index (χ4v) is 4.13. The zero-order valence-corrected chi connectivity index (χ0v) is 21.8. The molecule has 0 aliphatic heterocycles. The predicted molar refractivity (Wildman–Crippen MR) is 141 cm³/mol. The van der Waals surface area contributed by atoms with Crippen LogP contribution >= 0.6 is 35.4 Å². The summed E-state index contributed by atoms with van der Waals surface area (Å²) in [5.74, 6) is -0.768. The second kappa shape index (κ2) is 13.5. The minimum atomic E-state index is -1.07. The first-order valence-corrected chi connectivity index (χ1v) is 12.1. The summed E-state index contributed by atoms with van der Waals surface area (Å²) in [6.07, 6.45) is -0.257. The number of nitrogens with two attached hydrogens (primary N) is 1. The highest BCUT2D eigenvalue weighted by Crippen LogP contribution is 2.36. The molecule has 0 fully saturated rings. The number of benzene rings is 2. The lowest BCUT2D eigenvalue weighted by Crippen LogP contribution is -2.55. The Morgan fingerprint density at radius 2 is 1.88 bits per heavy atom. The van der Waals surface area contributed by atoms with Crippen molar-refractivity contribution < 1.29 is 14.3 Å². The van der Waals surface area contributed by atoms with E-state index in [0.29, 0.717) is 35.3 Å². The van der Waals surface area contributed by atoms with Crippen molar-refractivity contribution in [2.24, 2.45) is 5.73 Å². The minimum absolute atomic E-state index is 0.121. The van der Waals surface area contributed by atoms with E-state index in [4.69, 9.17) is 45.9 Å². The van der Waals surface area contributed by atoms with Crippen LogP contribution in [0.1, 0.15) is 43.7 Å². The van der Waals surface area contributed by atoms with E-state index in [2.05, 4.69) is 10.6 Å². The van der Waals surface area contributed by atoms with Gasteiger partial charge < -0.3 is 26.0 Å². The van der Waals surface area contributed by atoms with Gasteiger partial charge in [0.15, 0.2) is 11.3 Å². The van der Waals surface area contributed by atoms with E-state index in [1.54, 1.807) is 26.1 Å². The Morgan fingerprint density at radius 3 is 2.56 bits per heavy atom. The van der Waals surface area contributed by atoms with Crippen molar-refractivity contribution in [1.29, 1.82) is 0 Å². The van der Waals surface area contributed by atoms with Crippen molar-refractivity contribution in [1.82, 2.24) is 10.6 Å². The molecule has 2 aromatic rings. The highest BCUT2D eigenvalue weighted by atomic mass is 35.5. The third-order valence-electron chi connectivity index (χ3n) is 5.22. The van der Waals surface area contributed by atoms with Crippen molar-refractivity contribution in [2.45, 2.75) is 38.8 Å². The fraction of sp³-hybridized carbons (Fsp3) is 0.375. The van der Waals surface area contributed by atoms with E-state index >= 15 is 0 Å². The molecule has 2 unspecified atom stereocenters. The Morgan fingerprint density at radius 1 is 1.18 bits per heavy atom. The lowest BCUT2D eigenvalue weighted by Gasteiger charge is -2.27. The normalized spacial score (nSPS) is 12.4. The molecule has 10 heteroatoms. The standard InChI is InChI=1S/C24H30Cl2N4O3S/c1-4-33-21(31)10-7-13-28-24(34)29-22(27)23(32)30(3)20-12-11-16(25)14-18(20)15(2)17-8-5-6-9-19(17)26/h5-6,8-9,11-12,14-15,22H,4,7,10,13,27H2,1-3H3,(H2,28,29,34). The molecule has 2 rings (SSSR count). The fourth-order valence-electron chi connectivity index (χ4n) is 3.42. The number of thiocarbonyl (C=S) groups is 1. The molecule has 184 valence electrons. The summed E-state index contributed by atoms with van der Waals surface area (Å²) in [6, 6.07) is 12.9. The maximum atomic E-state index is 13.1. The Balaban J connectivity index is 2.05. The van der Waals surface area contributed by atoms with Gasteiger partial charge in [-0.3, -0.25) is 9.59 Å². The number of esters is 1. The van der Waals surface area contributed by atoms with Crippen LogP contribution in [0.5, 0.6) is 0 Å². The average molecular weight is 526 g/mol. The number of anilines is 1. The Hall–Kier alpha value is -2.39. The number of nitrogens with one attached hydrogen (secondary N) is 2. The molecule has 2 atom stereocenters. The maximum Gasteiger partial charge on any atom is 0.305 e. The lowest BCUT2D eigenvalue weighted by molar-refractivity contribution is -0.143. The maximum absolute atomic E-state index is 13.1. The molecule has 0 heterocycles. The first kappa shape index (κ1) is 27.9. The van der Waals surface area contributed by atoms with E-state index in [1.807, 2.05) is 37.3 Å². The van der Waals surface area contributed by atoms with Gasteiger partial charge in [-0.25, -0.2) is 0 Å². The number of nitrogens with zero attached hydrogens (tertiary/aromatic N) is 1. The number of carbonyl (C=O) groups is 2. The zero-order chi connectivity index (χ0) is 25.3. The number of amides is 1. The molecule has 2 aromatic carbocycles. The summed E-state index contributed by atoms with van der Waals surface area (Å²) in [4.78, 5) is 25.9. The molecule has 0 saturated heterocycles. The lowest BCUT2D eigenvalue weighted by atomic mass is 9.91. The van der Waals surface area contributed by atoms with Crippen LogP contribution in [0, 0.1) is 0 Å². The average Bonchev–Trinajstić information content (AvgIpc) is 2.81. The quantitative estimate of drug-likeness (QED) is 0.185. The van der Waals surface area contributed by atoms with Crippen molar-refractivity contribution >= 4 is 58.1 Å². The highest BCUT2D eigenvalue weighted by Gasteiger charge is 2.24. The molecule has 4 N–H and O–H groups in total.